The Morgan fingerprint density at radius 1 is 0.778 bits per heavy atom. The number of rotatable bonds is 2. The highest BCUT2D eigenvalue weighted by Crippen LogP contribution is 2.10. The molecule has 0 unspecified atom stereocenters. The summed E-state index contributed by atoms with van der Waals surface area (Å²) < 4.78 is 1.26. The van der Waals surface area contributed by atoms with Crippen LogP contribution < -0.4 is 17.4 Å². The van der Waals surface area contributed by atoms with Crippen molar-refractivity contribution in [3.8, 4) is 0 Å². The second-order valence-corrected chi connectivity index (χ2v) is 4.46. The molecule has 0 saturated carbocycles. The number of nitrogens with one attached hydrogen (secondary N) is 1. The summed E-state index contributed by atoms with van der Waals surface area (Å²) in [7, 11) is 0. The zero-order valence-electron chi connectivity index (χ0n) is 9.53. The summed E-state index contributed by atoms with van der Waals surface area (Å²) >= 11 is 2.31. The first-order valence-corrected chi connectivity index (χ1v) is 5.82. The highest BCUT2D eigenvalue weighted by molar-refractivity contribution is 14.1. The monoisotopic (exact) mass is 379 g/mol. The van der Waals surface area contributed by atoms with Crippen LogP contribution in [-0.4, -0.2) is 11.0 Å². The van der Waals surface area contributed by atoms with E-state index in [1.54, 1.807) is 0 Å². The molecule has 1 heterocycles. The maximum absolute atomic E-state index is 3.00. The van der Waals surface area contributed by atoms with Crippen LogP contribution in [0.15, 0.2) is 48.8 Å². The van der Waals surface area contributed by atoms with Gasteiger partial charge in [-0.3, -0.25) is 0 Å². The standard InChI is InChI=1S/C13H10IN.ClH.2H2O/c14-13-5-3-11(4-6-13)1-2-12-7-9-15-10-8-12;;;/h1-10H;1H;2*1H2/b2-1+;;;. The molecule has 0 aliphatic carbocycles. The quantitative estimate of drug-likeness (QED) is 0.578. The molecule has 98 valence electrons. The van der Waals surface area contributed by atoms with E-state index >= 15 is 0 Å². The molecule has 1 aromatic heterocycles. The Hall–Kier alpha value is -0.950. The Morgan fingerprint density at radius 2 is 1.22 bits per heavy atom. The predicted octanol–water partition coefficient (Wildman–Crippen LogP) is -1.37. The van der Waals surface area contributed by atoms with E-state index in [1.165, 1.54) is 14.7 Å². The number of aromatic nitrogens is 1. The van der Waals surface area contributed by atoms with Crippen LogP contribution in [0.4, 0.5) is 0 Å². The van der Waals surface area contributed by atoms with Gasteiger partial charge in [0.15, 0.2) is 12.4 Å². The van der Waals surface area contributed by atoms with Crippen LogP contribution in [0.25, 0.3) is 12.2 Å². The van der Waals surface area contributed by atoms with Gasteiger partial charge < -0.3 is 23.4 Å². The van der Waals surface area contributed by atoms with Gasteiger partial charge in [-0.1, -0.05) is 24.3 Å². The van der Waals surface area contributed by atoms with Crippen LogP contribution in [0.3, 0.4) is 0 Å². The molecule has 18 heavy (non-hydrogen) atoms. The highest BCUT2D eigenvalue weighted by Gasteiger charge is 1.89. The molecule has 1 aromatic carbocycles. The van der Waals surface area contributed by atoms with E-state index in [9.17, 15) is 0 Å². The topological polar surface area (TPSA) is 77.1 Å². The lowest BCUT2D eigenvalue weighted by molar-refractivity contribution is -0.378. The van der Waals surface area contributed by atoms with Gasteiger partial charge in [-0.25, -0.2) is 4.98 Å². The zero-order chi connectivity index (χ0) is 10.5. The first-order valence-electron chi connectivity index (χ1n) is 4.74. The molecule has 0 spiro atoms. The molecule has 2 aromatic rings. The normalized spacial score (nSPS) is 8.94. The summed E-state index contributed by atoms with van der Waals surface area (Å²) in [6.45, 7) is 0. The zero-order valence-corrected chi connectivity index (χ0v) is 12.4. The maximum Gasteiger partial charge on any atom is 0.167 e. The van der Waals surface area contributed by atoms with Crippen molar-refractivity contribution in [2.24, 2.45) is 0 Å². The van der Waals surface area contributed by atoms with Crippen LogP contribution in [-0.2, 0) is 0 Å². The van der Waals surface area contributed by atoms with Crippen LogP contribution >= 0.6 is 22.6 Å². The van der Waals surface area contributed by atoms with Gasteiger partial charge in [0.05, 0.1) is 0 Å². The number of benzene rings is 1. The predicted molar refractivity (Wildman–Crippen MR) is 78.3 cm³/mol. The molecule has 0 radical (unpaired) electrons. The van der Waals surface area contributed by atoms with Gasteiger partial charge in [0.1, 0.15) is 0 Å². The van der Waals surface area contributed by atoms with E-state index in [1.807, 2.05) is 24.5 Å². The van der Waals surface area contributed by atoms with Crippen molar-refractivity contribution in [1.82, 2.24) is 0 Å². The molecule has 5 N–H and O–H groups in total. The van der Waals surface area contributed by atoms with Gasteiger partial charge >= 0.3 is 0 Å². The van der Waals surface area contributed by atoms with E-state index in [-0.39, 0.29) is 23.4 Å². The third kappa shape index (κ3) is 6.11. The molecule has 5 heteroatoms. The number of hydrogen-bond donors (Lipinski definition) is 0. The van der Waals surface area contributed by atoms with Gasteiger partial charge in [0, 0.05) is 15.7 Å². The average Bonchev–Trinajstić information content (AvgIpc) is 2.30. The molecule has 0 bridgehead atoms. The van der Waals surface area contributed by atoms with Crippen LogP contribution in [0.5, 0.6) is 0 Å². The Kier molecular flexibility index (Phi) is 10.8. The SMILES string of the molecule is Ic1ccc(/C=C/c2cc[nH+]cc2)cc1.O.O.[Cl-]. The van der Waals surface area contributed by atoms with Crippen molar-refractivity contribution >= 4 is 34.7 Å². The van der Waals surface area contributed by atoms with E-state index < -0.39 is 0 Å². The molecule has 0 amide bonds. The fourth-order valence-corrected chi connectivity index (χ4v) is 1.64. The fourth-order valence-electron chi connectivity index (χ4n) is 1.28. The third-order valence-corrected chi connectivity index (χ3v) is 2.80. The summed E-state index contributed by atoms with van der Waals surface area (Å²) in [6.07, 6.45) is 8.07. The third-order valence-electron chi connectivity index (χ3n) is 2.08. The molecule has 2 rings (SSSR count). The molecule has 0 fully saturated rings. The fraction of sp³-hybridized carbons (Fsp3) is 0. The second-order valence-electron chi connectivity index (χ2n) is 3.22. The van der Waals surface area contributed by atoms with Crippen molar-refractivity contribution in [1.29, 1.82) is 0 Å². The minimum absolute atomic E-state index is 0. The summed E-state index contributed by atoms with van der Waals surface area (Å²) in [6, 6.07) is 12.5. The Balaban J connectivity index is 0. The number of aromatic amines is 1. The minimum atomic E-state index is 0. The lowest BCUT2D eigenvalue weighted by Gasteiger charge is -1.93. The lowest BCUT2D eigenvalue weighted by atomic mass is 10.2. The molecule has 0 aliphatic rings. The van der Waals surface area contributed by atoms with Crippen molar-refractivity contribution in [2.45, 2.75) is 0 Å². The van der Waals surface area contributed by atoms with Gasteiger partial charge in [-0.05, 0) is 45.9 Å². The molecular formula is C13H15ClINO2. The summed E-state index contributed by atoms with van der Waals surface area (Å²) in [5, 5.41) is 0. The molecular weight excluding hydrogens is 365 g/mol. The van der Waals surface area contributed by atoms with Crippen LogP contribution in [0, 0.1) is 3.57 Å². The van der Waals surface area contributed by atoms with Gasteiger partial charge in [0.25, 0.3) is 0 Å². The summed E-state index contributed by atoms with van der Waals surface area (Å²) in [5.41, 5.74) is 2.43. The Labute approximate surface area is 126 Å². The van der Waals surface area contributed by atoms with Gasteiger partial charge in [-0.2, -0.15) is 0 Å². The van der Waals surface area contributed by atoms with E-state index in [2.05, 4.69) is 64.0 Å². The maximum atomic E-state index is 3.00. The largest absolute Gasteiger partial charge is 1.00 e. The Bertz CT molecular complexity index is 460. The Morgan fingerprint density at radius 3 is 1.72 bits per heavy atom. The molecule has 0 atom stereocenters. The van der Waals surface area contributed by atoms with E-state index in [0.717, 1.165) is 0 Å². The van der Waals surface area contributed by atoms with Crippen molar-refractivity contribution in [2.75, 3.05) is 0 Å². The van der Waals surface area contributed by atoms with E-state index in [4.69, 9.17) is 0 Å². The van der Waals surface area contributed by atoms with Crippen molar-refractivity contribution in [3.05, 3.63) is 63.5 Å². The van der Waals surface area contributed by atoms with Crippen molar-refractivity contribution < 1.29 is 28.3 Å². The van der Waals surface area contributed by atoms with Crippen LogP contribution in [0.1, 0.15) is 11.1 Å². The molecule has 3 nitrogen and oxygen atoms in total. The molecule has 0 aliphatic heterocycles. The highest BCUT2D eigenvalue weighted by atomic mass is 127. The summed E-state index contributed by atoms with van der Waals surface area (Å²) in [5.74, 6) is 0. The minimum Gasteiger partial charge on any atom is -1.00 e. The number of halogens is 2. The van der Waals surface area contributed by atoms with E-state index in [0.29, 0.717) is 0 Å². The molecule has 0 saturated heterocycles. The smallest absolute Gasteiger partial charge is 0.167 e. The number of hydrogen-bond acceptors (Lipinski definition) is 0. The first-order chi connectivity index (χ1) is 7.34. The van der Waals surface area contributed by atoms with Gasteiger partial charge in [0.2, 0.25) is 0 Å². The summed E-state index contributed by atoms with van der Waals surface area (Å²) in [4.78, 5) is 3.00. The number of H-pyrrole nitrogens is 1. The second kappa shape index (κ2) is 10.0. The average molecular weight is 380 g/mol. The number of pyridine rings is 1. The van der Waals surface area contributed by atoms with Crippen molar-refractivity contribution in [3.63, 3.8) is 0 Å². The lowest BCUT2D eigenvalue weighted by Crippen LogP contribution is -3.00. The van der Waals surface area contributed by atoms with Crippen LogP contribution in [0.2, 0.25) is 0 Å². The first kappa shape index (κ1) is 19.4. The van der Waals surface area contributed by atoms with Gasteiger partial charge in [-0.15, -0.1) is 0 Å².